The van der Waals surface area contributed by atoms with Crippen LogP contribution in [0.4, 0.5) is 11.4 Å². The minimum Gasteiger partial charge on any atom is -0.369 e. The molecular formula is C20H24N6O. The van der Waals surface area contributed by atoms with E-state index in [1.807, 2.05) is 36.6 Å². The second kappa shape index (κ2) is 7.00. The van der Waals surface area contributed by atoms with E-state index in [4.69, 9.17) is 0 Å². The normalized spacial score (nSPS) is 15.3. The third kappa shape index (κ3) is 3.64. The molecule has 140 valence electrons. The highest BCUT2D eigenvalue weighted by atomic mass is 16.1. The van der Waals surface area contributed by atoms with Crippen molar-refractivity contribution in [2.45, 2.75) is 13.8 Å². The Kier molecular flexibility index (Phi) is 4.53. The lowest BCUT2D eigenvalue weighted by Gasteiger charge is -2.34. The van der Waals surface area contributed by atoms with Gasteiger partial charge in [-0.2, -0.15) is 0 Å². The first-order valence-electron chi connectivity index (χ1n) is 9.17. The minimum atomic E-state index is -0.219. The molecule has 0 atom stereocenters. The van der Waals surface area contributed by atoms with Gasteiger partial charge in [-0.3, -0.25) is 9.78 Å². The van der Waals surface area contributed by atoms with Gasteiger partial charge in [-0.05, 0) is 45.2 Å². The summed E-state index contributed by atoms with van der Waals surface area (Å²) in [7, 11) is 2.15. The molecule has 3 heterocycles. The Balaban J connectivity index is 1.47. The number of piperazine rings is 1. The Morgan fingerprint density at radius 3 is 2.41 bits per heavy atom. The minimum absolute atomic E-state index is 0.219. The number of rotatable bonds is 3. The second-order valence-corrected chi connectivity index (χ2v) is 7.12. The predicted octanol–water partition coefficient (Wildman–Crippen LogP) is 2.35. The van der Waals surface area contributed by atoms with Crippen molar-refractivity contribution in [1.29, 1.82) is 0 Å². The molecule has 1 aliphatic rings. The van der Waals surface area contributed by atoms with E-state index < -0.39 is 0 Å². The molecule has 0 saturated carbocycles. The predicted molar refractivity (Wildman–Crippen MR) is 107 cm³/mol. The number of nitrogens with zero attached hydrogens (tertiary/aromatic N) is 5. The highest BCUT2D eigenvalue weighted by molar-refractivity contribution is 6.03. The molecule has 27 heavy (non-hydrogen) atoms. The number of likely N-dealkylation sites (N-methyl/N-ethyl adjacent to an activating group) is 1. The lowest BCUT2D eigenvalue weighted by atomic mass is 10.2. The molecule has 7 nitrogen and oxygen atoms in total. The third-order valence-electron chi connectivity index (χ3n) is 4.95. The summed E-state index contributed by atoms with van der Waals surface area (Å²) in [6.07, 6.45) is 3.61. The zero-order valence-electron chi connectivity index (χ0n) is 15.9. The van der Waals surface area contributed by atoms with Gasteiger partial charge in [0.2, 0.25) is 0 Å². The van der Waals surface area contributed by atoms with Crippen molar-refractivity contribution in [3.8, 4) is 0 Å². The van der Waals surface area contributed by atoms with Crippen molar-refractivity contribution < 1.29 is 4.79 Å². The third-order valence-corrected chi connectivity index (χ3v) is 4.95. The van der Waals surface area contributed by atoms with E-state index in [0.29, 0.717) is 11.3 Å². The average Bonchev–Trinajstić information content (AvgIpc) is 3.08. The number of aryl methyl sites for hydroxylation is 2. The van der Waals surface area contributed by atoms with Crippen LogP contribution in [0.5, 0.6) is 0 Å². The number of carbonyl (C=O) groups excluding carboxylic acids is 1. The smallest absolute Gasteiger partial charge is 0.275 e. The summed E-state index contributed by atoms with van der Waals surface area (Å²) in [6.45, 7) is 8.01. The number of anilines is 2. The number of carbonyl (C=O) groups is 1. The van der Waals surface area contributed by atoms with Crippen LogP contribution in [-0.4, -0.2) is 58.4 Å². The summed E-state index contributed by atoms with van der Waals surface area (Å²) in [5, 5.41) is 2.93. The first-order valence-corrected chi connectivity index (χ1v) is 9.17. The number of aromatic nitrogens is 3. The zero-order chi connectivity index (χ0) is 19.0. The van der Waals surface area contributed by atoms with Crippen molar-refractivity contribution in [2.24, 2.45) is 0 Å². The summed E-state index contributed by atoms with van der Waals surface area (Å²) in [6, 6.07) is 8.00. The molecule has 2 aromatic heterocycles. The van der Waals surface area contributed by atoms with Gasteiger partial charge < -0.3 is 19.5 Å². The Hall–Kier alpha value is -2.93. The maximum atomic E-state index is 12.6. The number of fused-ring (bicyclic) bond motifs is 1. The van der Waals surface area contributed by atoms with E-state index in [9.17, 15) is 4.79 Å². The van der Waals surface area contributed by atoms with E-state index in [1.54, 1.807) is 6.20 Å². The molecule has 1 aliphatic heterocycles. The Morgan fingerprint density at radius 1 is 1.00 bits per heavy atom. The largest absolute Gasteiger partial charge is 0.369 e. The van der Waals surface area contributed by atoms with Crippen molar-refractivity contribution in [3.63, 3.8) is 0 Å². The SMILES string of the molecule is Cc1cn2cc(C(=O)Nc3ccc(N4CCN(C)CC4)cc3)nc2c(C)n1. The zero-order valence-corrected chi connectivity index (χ0v) is 15.9. The van der Waals surface area contributed by atoms with Gasteiger partial charge in [0.05, 0.1) is 11.4 Å². The number of benzene rings is 1. The maximum absolute atomic E-state index is 12.6. The molecule has 0 aliphatic carbocycles. The number of imidazole rings is 1. The number of hydrogen-bond acceptors (Lipinski definition) is 5. The number of amides is 1. The van der Waals surface area contributed by atoms with Gasteiger partial charge >= 0.3 is 0 Å². The molecule has 0 spiro atoms. The summed E-state index contributed by atoms with van der Waals surface area (Å²) < 4.78 is 1.85. The fourth-order valence-electron chi connectivity index (χ4n) is 3.43. The highest BCUT2D eigenvalue weighted by Gasteiger charge is 2.15. The van der Waals surface area contributed by atoms with Gasteiger partial charge in [-0.15, -0.1) is 0 Å². The van der Waals surface area contributed by atoms with Crippen LogP contribution >= 0.6 is 0 Å². The van der Waals surface area contributed by atoms with E-state index >= 15 is 0 Å². The van der Waals surface area contributed by atoms with Gasteiger partial charge in [0.25, 0.3) is 5.91 Å². The highest BCUT2D eigenvalue weighted by Crippen LogP contribution is 2.20. The van der Waals surface area contributed by atoms with E-state index in [1.165, 1.54) is 5.69 Å². The van der Waals surface area contributed by atoms with Crippen molar-refractivity contribution in [1.82, 2.24) is 19.3 Å². The molecule has 3 aromatic rings. The lowest BCUT2D eigenvalue weighted by Crippen LogP contribution is -2.44. The van der Waals surface area contributed by atoms with Crippen LogP contribution in [0.25, 0.3) is 5.65 Å². The molecule has 0 unspecified atom stereocenters. The van der Waals surface area contributed by atoms with Crippen LogP contribution in [0.2, 0.25) is 0 Å². The molecule has 7 heteroatoms. The first-order chi connectivity index (χ1) is 13.0. The van der Waals surface area contributed by atoms with Crippen LogP contribution in [0.3, 0.4) is 0 Å². The molecule has 1 aromatic carbocycles. The second-order valence-electron chi connectivity index (χ2n) is 7.12. The van der Waals surface area contributed by atoms with Gasteiger partial charge in [0.15, 0.2) is 5.65 Å². The Labute approximate surface area is 158 Å². The molecule has 1 N–H and O–H groups in total. The number of hydrogen-bond donors (Lipinski definition) is 1. The van der Waals surface area contributed by atoms with E-state index in [-0.39, 0.29) is 5.91 Å². The molecule has 1 saturated heterocycles. The van der Waals surface area contributed by atoms with E-state index in [2.05, 4.69) is 44.3 Å². The van der Waals surface area contributed by atoms with Gasteiger partial charge in [-0.25, -0.2) is 4.98 Å². The van der Waals surface area contributed by atoms with Crippen LogP contribution in [0.1, 0.15) is 21.9 Å². The first kappa shape index (κ1) is 17.5. The van der Waals surface area contributed by atoms with Crippen LogP contribution < -0.4 is 10.2 Å². The Morgan fingerprint density at radius 2 is 1.70 bits per heavy atom. The molecule has 0 bridgehead atoms. The molecule has 1 amide bonds. The molecular weight excluding hydrogens is 340 g/mol. The van der Waals surface area contributed by atoms with Crippen molar-refractivity contribution >= 4 is 22.9 Å². The molecule has 0 radical (unpaired) electrons. The quantitative estimate of drug-likeness (QED) is 0.773. The summed E-state index contributed by atoms with van der Waals surface area (Å²) in [5.74, 6) is -0.219. The van der Waals surface area contributed by atoms with Crippen molar-refractivity contribution in [3.05, 3.63) is 53.7 Å². The monoisotopic (exact) mass is 364 g/mol. The topological polar surface area (TPSA) is 65.8 Å². The van der Waals surface area contributed by atoms with Gasteiger partial charge in [0, 0.05) is 49.9 Å². The van der Waals surface area contributed by atoms with Gasteiger partial charge in [-0.1, -0.05) is 0 Å². The van der Waals surface area contributed by atoms with Crippen LogP contribution in [-0.2, 0) is 0 Å². The fraction of sp³-hybridized carbons (Fsp3) is 0.350. The average molecular weight is 364 g/mol. The van der Waals surface area contributed by atoms with Crippen LogP contribution in [0.15, 0.2) is 36.7 Å². The Bertz CT molecular complexity index is 970. The van der Waals surface area contributed by atoms with Gasteiger partial charge in [0.1, 0.15) is 5.69 Å². The summed E-state index contributed by atoms with van der Waals surface area (Å²) in [5.41, 5.74) is 4.74. The summed E-state index contributed by atoms with van der Waals surface area (Å²) >= 11 is 0. The summed E-state index contributed by atoms with van der Waals surface area (Å²) in [4.78, 5) is 26.1. The standard InChI is InChI=1S/C20H24N6O/c1-14-12-26-13-18(23-19(26)15(2)21-14)20(27)22-16-4-6-17(7-5-16)25-10-8-24(3)9-11-25/h4-7,12-13H,8-11H2,1-3H3,(H,22,27). The molecule has 1 fully saturated rings. The van der Waals surface area contributed by atoms with Crippen LogP contribution in [0, 0.1) is 13.8 Å². The number of nitrogens with one attached hydrogen (secondary N) is 1. The lowest BCUT2D eigenvalue weighted by molar-refractivity contribution is 0.102. The van der Waals surface area contributed by atoms with E-state index in [0.717, 1.165) is 43.3 Å². The van der Waals surface area contributed by atoms with Crippen molar-refractivity contribution in [2.75, 3.05) is 43.4 Å². The maximum Gasteiger partial charge on any atom is 0.275 e. The fourth-order valence-corrected chi connectivity index (χ4v) is 3.43. The molecule has 4 rings (SSSR count).